The normalized spacial score (nSPS) is 10.1. The number of carbonyl (C=O) groups is 1. The summed E-state index contributed by atoms with van der Waals surface area (Å²) >= 11 is 0. The SMILES string of the molecule is COC(=O)c1ccc(Cn2cnccc2=O)cc1. The average molecular weight is 244 g/mol. The Balaban J connectivity index is 2.19. The van der Waals surface area contributed by atoms with Crippen molar-refractivity contribution in [1.82, 2.24) is 9.55 Å². The van der Waals surface area contributed by atoms with E-state index < -0.39 is 0 Å². The lowest BCUT2D eigenvalue weighted by Gasteiger charge is -2.05. The summed E-state index contributed by atoms with van der Waals surface area (Å²) in [5.74, 6) is -0.375. The molecular formula is C13H12N2O3. The minimum atomic E-state index is -0.375. The second kappa shape index (κ2) is 5.27. The van der Waals surface area contributed by atoms with Crippen molar-refractivity contribution >= 4 is 5.97 Å². The monoisotopic (exact) mass is 244 g/mol. The summed E-state index contributed by atoms with van der Waals surface area (Å²) in [5.41, 5.74) is 1.29. The zero-order valence-corrected chi connectivity index (χ0v) is 9.87. The summed E-state index contributed by atoms with van der Waals surface area (Å²) in [7, 11) is 1.34. The Hall–Kier alpha value is -2.43. The van der Waals surface area contributed by atoms with E-state index in [1.807, 2.05) is 0 Å². The van der Waals surface area contributed by atoms with Crippen molar-refractivity contribution in [1.29, 1.82) is 0 Å². The predicted molar refractivity (Wildman–Crippen MR) is 65.4 cm³/mol. The van der Waals surface area contributed by atoms with E-state index in [1.54, 1.807) is 24.3 Å². The van der Waals surface area contributed by atoms with E-state index in [2.05, 4.69) is 9.72 Å². The summed E-state index contributed by atoms with van der Waals surface area (Å²) in [4.78, 5) is 26.6. The lowest BCUT2D eigenvalue weighted by molar-refractivity contribution is 0.0600. The molecule has 0 fully saturated rings. The Morgan fingerprint density at radius 1 is 1.28 bits per heavy atom. The second-order valence-corrected chi connectivity index (χ2v) is 3.73. The molecule has 0 unspecified atom stereocenters. The molecule has 0 bridgehead atoms. The first-order valence-corrected chi connectivity index (χ1v) is 5.38. The number of nitrogens with zero attached hydrogens (tertiary/aromatic N) is 2. The minimum Gasteiger partial charge on any atom is -0.465 e. The molecule has 1 aromatic heterocycles. The summed E-state index contributed by atoms with van der Waals surface area (Å²) in [6.45, 7) is 0.425. The van der Waals surface area contributed by atoms with E-state index in [-0.39, 0.29) is 11.5 Å². The van der Waals surface area contributed by atoms with Crippen LogP contribution in [0.15, 0.2) is 47.7 Å². The standard InChI is InChI=1S/C13H12N2O3/c1-18-13(17)11-4-2-10(3-5-11)8-15-9-14-7-6-12(15)16/h2-7,9H,8H2,1H3. The Morgan fingerprint density at radius 2 is 2.00 bits per heavy atom. The number of aromatic nitrogens is 2. The average Bonchev–Trinajstić information content (AvgIpc) is 2.41. The Labute approximate surface area is 104 Å². The molecule has 0 radical (unpaired) electrons. The van der Waals surface area contributed by atoms with Crippen molar-refractivity contribution in [3.05, 3.63) is 64.3 Å². The van der Waals surface area contributed by atoms with Gasteiger partial charge in [-0.3, -0.25) is 9.36 Å². The molecule has 2 aromatic rings. The van der Waals surface area contributed by atoms with Gasteiger partial charge in [-0.25, -0.2) is 9.78 Å². The fraction of sp³-hybridized carbons (Fsp3) is 0.154. The van der Waals surface area contributed by atoms with Gasteiger partial charge in [-0.1, -0.05) is 12.1 Å². The van der Waals surface area contributed by atoms with Gasteiger partial charge in [0, 0.05) is 12.3 Å². The number of hydrogen-bond donors (Lipinski definition) is 0. The molecule has 0 amide bonds. The van der Waals surface area contributed by atoms with Crippen LogP contribution in [0.2, 0.25) is 0 Å². The molecule has 0 aliphatic heterocycles. The Morgan fingerprint density at radius 3 is 2.61 bits per heavy atom. The van der Waals surface area contributed by atoms with Gasteiger partial charge in [0.15, 0.2) is 0 Å². The molecule has 0 saturated heterocycles. The van der Waals surface area contributed by atoms with Crippen LogP contribution in [0.3, 0.4) is 0 Å². The van der Waals surface area contributed by atoms with Crippen LogP contribution in [0.25, 0.3) is 0 Å². The zero-order chi connectivity index (χ0) is 13.0. The van der Waals surface area contributed by atoms with Gasteiger partial charge in [-0.05, 0) is 17.7 Å². The Bertz CT molecular complexity index is 602. The number of hydrogen-bond acceptors (Lipinski definition) is 4. The van der Waals surface area contributed by atoms with E-state index in [0.29, 0.717) is 12.1 Å². The molecule has 2 rings (SSSR count). The molecule has 0 aliphatic carbocycles. The number of esters is 1. The summed E-state index contributed by atoms with van der Waals surface area (Å²) < 4.78 is 6.10. The molecule has 0 spiro atoms. The van der Waals surface area contributed by atoms with E-state index in [9.17, 15) is 9.59 Å². The molecule has 5 heteroatoms. The van der Waals surface area contributed by atoms with Gasteiger partial charge in [0.05, 0.1) is 25.5 Å². The predicted octanol–water partition coefficient (Wildman–Crippen LogP) is 1.08. The van der Waals surface area contributed by atoms with Crippen LogP contribution in [0, 0.1) is 0 Å². The van der Waals surface area contributed by atoms with Crippen molar-refractivity contribution in [3.63, 3.8) is 0 Å². The largest absolute Gasteiger partial charge is 0.465 e. The third-order valence-electron chi connectivity index (χ3n) is 2.52. The van der Waals surface area contributed by atoms with Crippen molar-refractivity contribution in [2.75, 3.05) is 7.11 Å². The molecule has 0 N–H and O–H groups in total. The van der Waals surface area contributed by atoms with Gasteiger partial charge in [0.25, 0.3) is 5.56 Å². The van der Waals surface area contributed by atoms with Crippen LogP contribution in [-0.4, -0.2) is 22.6 Å². The molecule has 0 saturated carbocycles. The summed E-state index contributed by atoms with van der Waals surface area (Å²) in [6, 6.07) is 8.31. The fourth-order valence-electron chi connectivity index (χ4n) is 1.56. The van der Waals surface area contributed by atoms with E-state index in [4.69, 9.17) is 0 Å². The van der Waals surface area contributed by atoms with Gasteiger partial charge >= 0.3 is 5.97 Å². The van der Waals surface area contributed by atoms with Crippen molar-refractivity contribution in [2.24, 2.45) is 0 Å². The van der Waals surface area contributed by atoms with Crippen LogP contribution >= 0.6 is 0 Å². The fourth-order valence-corrected chi connectivity index (χ4v) is 1.56. The molecule has 1 heterocycles. The summed E-state index contributed by atoms with van der Waals surface area (Å²) in [6.07, 6.45) is 2.94. The van der Waals surface area contributed by atoms with Crippen LogP contribution < -0.4 is 5.56 Å². The molecule has 18 heavy (non-hydrogen) atoms. The van der Waals surface area contributed by atoms with Crippen LogP contribution in [0.5, 0.6) is 0 Å². The smallest absolute Gasteiger partial charge is 0.337 e. The van der Waals surface area contributed by atoms with Gasteiger partial charge in [0.1, 0.15) is 0 Å². The van der Waals surface area contributed by atoms with E-state index in [1.165, 1.54) is 30.3 Å². The van der Waals surface area contributed by atoms with Crippen LogP contribution in [0.1, 0.15) is 15.9 Å². The van der Waals surface area contributed by atoms with Gasteiger partial charge in [0.2, 0.25) is 0 Å². The van der Waals surface area contributed by atoms with Gasteiger partial charge in [-0.2, -0.15) is 0 Å². The molecule has 92 valence electrons. The highest BCUT2D eigenvalue weighted by atomic mass is 16.5. The molecule has 5 nitrogen and oxygen atoms in total. The quantitative estimate of drug-likeness (QED) is 0.758. The molecule has 1 aromatic carbocycles. The molecule has 0 aliphatic rings. The number of rotatable bonds is 3. The lowest BCUT2D eigenvalue weighted by atomic mass is 10.1. The highest BCUT2D eigenvalue weighted by Gasteiger charge is 2.04. The van der Waals surface area contributed by atoms with Crippen molar-refractivity contribution in [3.8, 4) is 0 Å². The highest BCUT2D eigenvalue weighted by Crippen LogP contribution is 2.06. The molecular weight excluding hydrogens is 232 g/mol. The van der Waals surface area contributed by atoms with Crippen LogP contribution in [-0.2, 0) is 11.3 Å². The topological polar surface area (TPSA) is 61.2 Å². The first-order chi connectivity index (χ1) is 8.70. The van der Waals surface area contributed by atoms with Crippen molar-refractivity contribution in [2.45, 2.75) is 6.54 Å². The third-order valence-corrected chi connectivity index (χ3v) is 2.52. The number of carbonyl (C=O) groups excluding carboxylic acids is 1. The highest BCUT2D eigenvalue weighted by molar-refractivity contribution is 5.89. The van der Waals surface area contributed by atoms with Crippen LogP contribution in [0.4, 0.5) is 0 Å². The molecule has 0 atom stereocenters. The van der Waals surface area contributed by atoms with E-state index >= 15 is 0 Å². The number of methoxy groups -OCH3 is 1. The summed E-state index contributed by atoms with van der Waals surface area (Å²) in [5, 5.41) is 0. The maximum atomic E-state index is 11.5. The van der Waals surface area contributed by atoms with Gasteiger partial charge in [-0.15, -0.1) is 0 Å². The third kappa shape index (κ3) is 2.63. The van der Waals surface area contributed by atoms with Gasteiger partial charge < -0.3 is 4.74 Å². The minimum absolute atomic E-state index is 0.109. The Kier molecular flexibility index (Phi) is 3.52. The number of ether oxygens (including phenoxy) is 1. The lowest BCUT2D eigenvalue weighted by Crippen LogP contribution is -2.19. The zero-order valence-electron chi connectivity index (χ0n) is 9.87. The first-order valence-electron chi connectivity index (χ1n) is 5.38. The second-order valence-electron chi connectivity index (χ2n) is 3.73. The van der Waals surface area contributed by atoms with E-state index in [0.717, 1.165) is 5.56 Å². The maximum Gasteiger partial charge on any atom is 0.337 e. The first kappa shape index (κ1) is 12.0. The number of benzene rings is 1. The van der Waals surface area contributed by atoms with Crippen molar-refractivity contribution < 1.29 is 9.53 Å². The maximum absolute atomic E-state index is 11.5.